The molecular weight excluding hydrogens is 338 g/mol. The molecule has 1 fully saturated rings. The zero-order valence-corrected chi connectivity index (χ0v) is 16.3. The average Bonchev–Trinajstić information content (AvgIpc) is 2.68. The predicted molar refractivity (Wildman–Crippen MR) is 107 cm³/mol. The fourth-order valence-electron chi connectivity index (χ4n) is 4.02. The molecule has 0 radical (unpaired) electrons. The van der Waals surface area contributed by atoms with E-state index in [4.69, 9.17) is 4.74 Å². The van der Waals surface area contributed by atoms with Crippen LogP contribution in [0.15, 0.2) is 42.5 Å². The Morgan fingerprint density at radius 1 is 0.926 bits per heavy atom. The third-order valence-corrected chi connectivity index (χ3v) is 5.63. The number of ether oxygens (including phenoxy) is 1. The summed E-state index contributed by atoms with van der Waals surface area (Å²) in [5, 5.41) is 3.12. The molecule has 1 aliphatic carbocycles. The van der Waals surface area contributed by atoms with Crippen LogP contribution in [0, 0.1) is 13.8 Å². The van der Waals surface area contributed by atoms with Gasteiger partial charge in [0.05, 0.1) is 7.11 Å². The van der Waals surface area contributed by atoms with Gasteiger partial charge >= 0.3 is 0 Å². The van der Waals surface area contributed by atoms with Crippen LogP contribution in [0.3, 0.4) is 0 Å². The molecule has 0 unspecified atom stereocenters. The fraction of sp³-hybridized carbons (Fsp3) is 0.391. The summed E-state index contributed by atoms with van der Waals surface area (Å²) in [4.78, 5) is 26.6. The third-order valence-electron chi connectivity index (χ3n) is 5.63. The molecule has 0 bridgehead atoms. The van der Waals surface area contributed by atoms with Crippen molar-refractivity contribution in [1.82, 2.24) is 5.32 Å². The zero-order valence-electron chi connectivity index (χ0n) is 16.3. The SMILES string of the molecule is COc1cccc(C(=O)NC2(C(=O)c3ccccc3C)CCCCC2)c1C. The Hall–Kier alpha value is -2.62. The molecule has 0 atom stereocenters. The van der Waals surface area contributed by atoms with Crippen molar-refractivity contribution in [2.24, 2.45) is 0 Å². The molecule has 1 amide bonds. The Labute approximate surface area is 160 Å². The maximum absolute atomic E-state index is 13.5. The molecular formula is C23H27NO3. The molecule has 0 spiro atoms. The van der Waals surface area contributed by atoms with Gasteiger partial charge in [-0.3, -0.25) is 9.59 Å². The molecule has 3 rings (SSSR count). The quantitative estimate of drug-likeness (QED) is 0.786. The van der Waals surface area contributed by atoms with Crippen LogP contribution in [0.1, 0.15) is 63.9 Å². The van der Waals surface area contributed by atoms with E-state index >= 15 is 0 Å². The van der Waals surface area contributed by atoms with E-state index in [1.807, 2.05) is 44.2 Å². The predicted octanol–water partition coefficient (Wildman–Crippen LogP) is 4.63. The van der Waals surface area contributed by atoms with Gasteiger partial charge in [-0.05, 0) is 44.4 Å². The molecule has 4 nitrogen and oxygen atoms in total. The maximum Gasteiger partial charge on any atom is 0.252 e. The van der Waals surface area contributed by atoms with Gasteiger partial charge in [-0.15, -0.1) is 0 Å². The van der Waals surface area contributed by atoms with Gasteiger partial charge in [-0.25, -0.2) is 0 Å². The summed E-state index contributed by atoms with van der Waals surface area (Å²) >= 11 is 0. The highest BCUT2D eigenvalue weighted by Gasteiger charge is 2.41. The first kappa shape index (κ1) is 19.2. The second-order valence-electron chi connectivity index (χ2n) is 7.37. The van der Waals surface area contributed by atoms with Crippen LogP contribution in [-0.4, -0.2) is 24.3 Å². The number of hydrogen-bond donors (Lipinski definition) is 1. The van der Waals surface area contributed by atoms with Gasteiger partial charge in [0.2, 0.25) is 0 Å². The number of Topliss-reactive ketones (excluding diaryl/α,β-unsaturated/α-hetero) is 1. The van der Waals surface area contributed by atoms with Gasteiger partial charge < -0.3 is 10.1 Å². The number of nitrogens with one attached hydrogen (secondary N) is 1. The van der Waals surface area contributed by atoms with Crippen molar-refractivity contribution in [3.05, 3.63) is 64.7 Å². The van der Waals surface area contributed by atoms with Crippen molar-refractivity contribution < 1.29 is 14.3 Å². The van der Waals surface area contributed by atoms with Crippen molar-refractivity contribution in [3.8, 4) is 5.75 Å². The number of carbonyl (C=O) groups is 2. The van der Waals surface area contributed by atoms with Crippen molar-refractivity contribution in [2.75, 3.05) is 7.11 Å². The van der Waals surface area contributed by atoms with Crippen molar-refractivity contribution in [2.45, 2.75) is 51.5 Å². The topological polar surface area (TPSA) is 55.4 Å². The van der Waals surface area contributed by atoms with E-state index in [0.717, 1.165) is 30.4 Å². The van der Waals surface area contributed by atoms with Crippen LogP contribution in [0.25, 0.3) is 0 Å². The van der Waals surface area contributed by atoms with Crippen molar-refractivity contribution in [3.63, 3.8) is 0 Å². The first-order chi connectivity index (χ1) is 13.0. The molecule has 1 saturated carbocycles. The molecule has 0 aliphatic heterocycles. The second-order valence-corrected chi connectivity index (χ2v) is 7.37. The Morgan fingerprint density at radius 3 is 2.26 bits per heavy atom. The molecule has 27 heavy (non-hydrogen) atoms. The summed E-state index contributed by atoms with van der Waals surface area (Å²) < 4.78 is 5.34. The Morgan fingerprint density at radius 2 is 1.59 bits per heavy atom. The fourth-order valence-corrected chi connectivity index (χ4v) is 4.02. The van der Waals surface area contributed by atoms with E-state index in [2.05, 4.69) is 5.32 Å². The second kappa shape index (κ2) is 7.95. The van der Waals surface area contributed by atoms with Crippen LogP contribution in [0.4, 0.5) is 0 Å². The van der Waals surface area contributed by atoms with E-state index in [0.29, 0.717) is 29.7 Å². The van der Waals surface area contributed by atoms with Gasteiger partial charge in [-0.1, -0.05) is 49.6 Å². The number of hydrogen-bond acceptors (Lipinski definition) is 3. The highest BCUT2D eigenvalue weighted by Crippen LogP contribution is 2.33. The molecule has 0 aromatic heterocycles. The summed E-state index contributed by atoms with van der Waals surface area (Å²) in [6.45, 7) is 3.81. The molecule has 1 N–H and O–H groups in total. The molecule has 2 aromatic carbocycles. The number of benzene rings is 2. The molecule has 4 heteroatoms. The minimum absolute atomic E-state index is 0.0224. The maximum atomic E-state index is 13.5. The van der Waals surface area contributed by atoms with Crippen LogP contribution in [-0.2, 0) is 0 Å². The normalized spacial score (nSPS) is 15.8. The largest absolute Gasteiger partial charge is 0.496 e. The minimum atomic E-state index is -0.836. The van der Waals surface area contributed by atoms with Crippen molar-refractivity contribution >= 4 is 11.7 Å². The van der Waals surface area contributed by atoms with E-state index < -0.39 is 5.54 Å². The number of rotatable bonds is 5. The number of amides is 1. The van der Waals surface area contributed by atoms with E-state index in [1.165, 1.54) is 0 Å². The monoisotopic (exact) mass is 365 g/mol. The lowest BCUT2D eigenvalue weighted by Gasteiger charge is -2.37. The highest BCUT2D eigenvalue weighted by atomic mass is 16.5. The highest BCUT2D eigenvalue weighted by molar-refractivity contribution is 6.08. The first-order valence-electron chi connectivity index (χ1n) is 9.55. The number of methoxy groups -OCH3 is 1. The summed E-state index contributed by atoms with van der Waals surface area (Å²) in [7, 11) is 1.59. The zero-order chi connectivity index (χ0) is 19.4. The number of ketones is 1. The molecule has 2 aromatic rings. The lowest BCUT2D eigenvalue weighted by Crippen LogP contribution is -2.55. The standard InChI is InChI=1S/C23H27NO3/c1-16-10-5-6-11-18(16)21(25)23(14-7-4-8-15-23)24-22(26)19-12-9-13-20(27-3)17(19)2/h5-6,9-13H,4,7-8,14-15H2,1-3H3,(H,24,26). The van der Waals surface area contributed by atoms with Crippen molar-refractivity contribution in [1.29, 1.82) is 0 Å². The van der Waals surface area contributed by atoms with Crippen LogP contribution in [0.5, 0.6) is 5.75 Å². The Balaban J connectivity index is 1.95. The van der Waals surface area contributed by atoms with Gasteiger partial charge in [0.25, 0.3) is 5.91 Å². The Bertz CT molecular complexity index is 850. The third kappa shape index (κ3) is 3.75. The van der Waals surface area contributed by atoms with Crippen LogP contribution in [0.2, 0.25) is 0 Å². The number of aryl methyl sites for hydroxylation is 1. The summed E-state index contributed by atoms with van der Waals surface area (Å²) in [6, 6.07) is 13.0. The van der Waals surface area contributed by atoms with Gasteiger partial charge in [-0.2, -0.15) is 0 Å². The number of carbonyl (C=O) groups excluding carboxylic acids is 2. The van der Waals surface area contributed by atoms with Gasteiger partial charge in [0.1, 0.15) is 11.3 Å². The van der Waals surface area contributed by atoms with Gasteiger partial charge in [0, 0.05) is 16.7 Å². The van der Waals surface area contributed by atoms with Gasteiger partial charge in [0.15, 0.2) is 5.78 Å². The first-order valence-corrected chi connectivity index (χ1v) is 9.55. The van der Waals surface area contributed by atoms with E-state index in [1.54, 1.807) is 19.2 Å². The smallest absolute Gasteiger partial charge is 0.252 e. The average molecular weight is 365 g/mol. The summed E-state index contributed by atoms with van der Waals surface area (Å²) in [5.41, 5.74) is 2.14. The lowest BCUT2D eigenvalue weighted by molar-refractivity contribution is 0.0713. The molecule has 142 valence electrons. The minimum Gasteiger partial charge on any atom is -0.496 e. The lowest BCUT2D eigenvalue weighted by atomic mass is 9.75. The van der Waals surface area contributed by atoms with Crippen LogP contribution < -0.4 is 10.1 Å². The Kier molecular flexibility index (Phi) is 5.64. The summed E-state index contributed by atoms with van der Waals surface area (Å²) in [6.07, 6.45) is 4.32. The van der Waals surface area contributed by atoms with E-state index in [-0.39, 0.29) is 11.7 Å². The summed E-state index contributed by atoms with van der Waals surface area (Å²) in [5.74, 6) is 0.481. The molecule has 1 aliphatic rings. The van der Waals surface area contributed by atoms with E-state index in [9.17, 15) is 9.59 Å². The van der Waals surface area contributed by atoms with Crippen LogP contribution >= 0.6 is 0 Å². The molecule has 0 heterocycles. The molecule has 0 saturated heterocycles.